The topological polar surface area (TPSA) is 106 Å². The number of carbonyl (C=O) groups is 1. The summed E-state index contributed by atoms with van der Waals surface area (Å²) in [5.41, 5.74) is 1.45. The maximum atomic E-state index is 13.6. The van der Waals surface area contributed by atoms with E-state index in [0.29, 0.717) is 5.69 Å². The third-order valence-electron chi connectivity index (χ3n) is 3.55. The van der Waals surface area contributed by atoms with Crippen LogP contribution in [-0.4, -0.2) is 35.9 Å². The van der Waals surface area contributed by atoms with Crippen molar-refractivity contribution in [3.63, 3.8) is 0 Å². The Balaban J connectivity index is 1.46. The lowest BCUT2D eigenvalue weighted by atomic mass is 10.3. The summed E-state index contributed by atoms with van der Waals surface area (Å²) in [6, 6.07) is 6.94. The van der Waals surface area contributed by atoms with Crippen LogP contribution in [0.2, 0.25) is 0 Å². The first-order valence-electron chi connectivity index (χ1n) is 7.90. The lowest BCUT2D eigenvalue weighted by Crippen LogP contribution is -2.31. The molecule has 0 aliphatic rings. The number of hydrogen-bond donors (Lipinski definition) is 2. The SMILES string of the molecule is O=C(CCNS(=O)(=O)c1ccccc1F)NCc1cn(-c2ccsc2)nn1. The van der Waals surface area contributed by atoms with Crippen molar-refractivity contribution in [3.05, 3.63) is 58.8 Å². The van der Waals surface area contributed by atoms with Gasteiger partial charge in [-0.2, -0.15) is 11.3 Å². The Morgan fingerprint density at radius 2 is 2.07 bits per heavy atom. The van der Waals surface area contributed by atoms with Crippen LogP contribution in [-0.2, 0) is 21.4 Å². The number of aromatic nitrogens is 3. The predicted molar refractivity (Wildman–Crippen MR) is 97.3 cm³/mol. The molecule has 2 heterocycles. The highest BCUT2D eigenvalue weighted by Gasteiger charge is 2.18. The van der Waals surface area contributed by atoms with Crippen molar-refractivity contribution in [2.45, 2.75) is 17.9 Å². The van der Waals surface area contributed by atoms with Gasteiger partial charge in [0.05, 0.1) is 18.4 Å². The van der Waals surface area contributed by atoms with Crippen LogP contribution in [0.1, 0.15) is 12.1 Å². The third kappa shape index (κ3) is 4.96. The van der Waals surface area contributed by atoms with Crippen molar-refractivity contribution in [1.29, 1.82) is 0 Å². The van der Waals surface area contributed by atoms with E-state index in [9.17, 15) is 17.6 Å². The Bertz CT molecular complexity index is 1020. The second kappa shape index (κ2) is 8.37. The molecule has 2 aromatic heterocycles. The lowest BCUT2D eigenvalue weighted by molar-refractivity contribution is -0.121. The minimum Gasteiger partial charge on any atom is -0.350 e. The van der Waals surface area contributed by atoms with E-state index >= 15 is 0 Å². The molecule has 142 valence electrons. The summed E-state index contributed by atoms with van der Waals surface area (Å²) in [5, 5.41) is 14.4. The summed E-state index contributed by atoms with van der Waals surface area (Å²) in [7, 11) is -4.01. The molecule has 1 aromatic carbocycles. The molecule has 11 heteroatoms. The number of rotatable bonds is 8. The highest BCUT2D eigenvalue weighted by atomic mass is 32.2. The summed E-state index contributed by atoms with van der Waals surface area (Å²) >= 11 is 1.53. The van der Waals surface area contributed by atoms with Gasteiger partial charge in [0.2, 0.25) is 15.9 Å². The molecule has 0 aliphatic heterocycles. The van der Waals surface area contributed by atoms with Gasteiger partial charge in [-0.15, -0.1) is 5.10 Å². The number of hydrogen-bond acceptors (Lipinski definition) is 6. The minimum absolute atomic E-state index is 0.0909. The molecule has 0 radical (unpaired) electrons. The number of thiophene rings is 1. The van der Waals surface area contributed by atoms with Crippen LogP contribution in [0, 0.1) is 5.82 Å². The van der Waals surface area contributed by atoms with Gasteiger partial charge in [-0.25, -0.2) is 22.2 Å². The largest absolute Gasteiger partial charge is 0.350 e. The molecule has 27 heavy (non-hydrogen) atoms. The van der Waals surface area contributed by atoms with Crippen molar-refractivity contribution >= 4 is 27.3 Å². The van der Waals surface area contributed by atoms with Gasteiger partial charge < -0.3 is 5.32 Å². The highest BCUT2D eigenvalue weighted by molar-refractivity contribution is 7.89. The van der Waals surface area contributed by atoms with Gasteiger partial charge >= 0.3 is 0 Å². The van der Waals surface area contributed by atoms with E-state index in [-0.39, 0.29) is 25.4 Å². The number of halogens is 1. The molecule has 0 atom stereocenters. The van der Waals surface area contributed by atoms with Gasteiger partial charge in [-0.3, -0.25) is 4.79 Å². The van der Waals surface area contributed by atoms with Gasteiger partial charge in [0, 0.05) is 18.3 Å². The van der Waals surface area contributed by atoms with Crippen molar-refractivity contribution in [2.24, 2.45) is 0 Å². The van der Waals surface area contributed by atoms with Gasteiger partial charge in [0.1, 0.15) is 16.4 Å². The van der Waals surface area contributed by atoms with Crippen LogP contribution in [0.4, 0.5) is 4.39 Å². The Hall–Kier alpha value is -2.63. The van der Waals surface area contributed by atoms with Crippen LogP contribution in [0.25, 0.3) is 5.69 Å². The van der Waals surface area contributed by atoms with E-state index in [2.05, 4.69) is 20.4 Å². The summed E-state index contributed by atoms with van der Waals surface area (Å²) in [6.07, 6.45) is 1.61. The standard InChI is InChI=1S/C16H16FN5O3S2/c17-14-3-1-2-4-15(14)27(24,25)19-7-5-16(23)18-9-12-10-22(21-20-12)13-6-8-26-11-13/h1-4,6,8,10-11,19H,5,7,9H2,(H,18,23). The number of benzene rings is 1. The van der Waals surface area contributed by atoms with Crippen LogP contribution in [0.5, 0.6) is 0 Å². The van der Waals surface area contributed by atoms with Crippen molar-refractivity contribution in [2.75, 3.05) is 6.54 Å². The first-order valence-corrected chi connectivity index (χ1v) is 10.3. The fourth-order valence-electron chi connectivity index (χ4n) is 2.21. The molecule has 2 N–H and O–H groups in total. The average Bonchev–Trinajstić information content (AvgIpc) is 3.31. The first-order chi connectivity index (χ1) is 13.0. The number of amides is 1. The van der Waals surface area contributed by atoms with E-state index in [1.165, 1.54) is 23.5 Å². The fourth-order valence-corrected chi connectivity index (χ4v) is 3.94. The summed E-state index contributed by atoms with van der Waals surface area (Å²) < 4.78 is 41.4. The number of sulfonamides is 1. The molecule has 0 saturated carbocycles. The fraction of sp³-hybridized carbons (Fsp3) is 0.188. The maximum Gasteiger partial charge on any atom is 0.243 e. The second-order valence-electron chi connectivity index (χ2n) is 5.49. The zero-order valence-corrected chi connectivity index (χ0v) is 15.6. The molecule has 1 amide bonds. The molecular weight excluding hydrogens is 393 g/mol. The quantitative estimate of drug-likeness (QED) is 0.586. The monoisotopic (exact) mass is 409 g/mol. The van der Waals surface area contributed by atoms with Crippen LogP contribution >= 0.6 is 11.3 Å². The summed E-state index contributed by atoms with van der Waals surface area (Å²) in [5.74, 6) is -1.21. The van der Waals surface area contributed by atoms with Crippen LogP contribution < -0.4 is 10.0 Å². The molecule has 0 fully saturated rings. The maximum absolute atomic E-state index is 13.6. The normalized spacial score (nSPS) is 11.4. The van der Waals surface area contributed by atoms with E-state index in [4.69, 9.17) is 0 Å². The van der Waals surface area contributed by atoms with E-state index in [1.54, 1.807) is 10.9 Å². The summed E-state index contributed by atoms with van der Waals surface area (Å²) in [6.45, 7) is 0.0210. The van der Waals surface area contributed by atoms with Crippen LogP contribution in [0.15, 0.2) is 52.2 Å². The molecule has 0 spiro atoms. The second-order valence-corrected chi connectivity index (χ2v) is 8.01. The van der Waals surface area contributed by atoms with Crippen molar-refractivity contribution < 1.29 is 17.6 Å². The van der Waals surface area contributed by atoms with E-state index in [0.717, 1.165) is 17.8 Å². The Morgan fingerprint density at radius 1 is 1.26 bits per heavy atom. The lowest BCUT2D eigenvalue weighted by Gasteiger charge is -2.07. The number of nitrogens with zero attached hydrogens (tertiary/aromatic N) is 3. The smallest absolute Gasteiger partial charge is 0.243 e. The Morgan fingerprint density at radius 3 is 2.81 bits per heavy atom. The zero-order chi connectivity index (χ0) is 19.3. The predicted octanol–water partition coefficient (Wildman–Crippen LogP) is 1.45. The molecule has 3 aromatic rings. The minimum atomic E-state index is -4.01. The van der Waals surface area contributed by atoms with Gasteiger partial charge in [-0.1, -0.05) is 17.3 Å². The molecular formula is C16H16FN5O3S2. The van der Waals surface area contributed by atoms with Gasteiger partial charge in [0.15, 0.2) is 0 Å². The molecule has 8 nitrogen and oxygen atoms in total. The number of carbonyl (C=O) groups excluding carboxylic acids is 1. The Kier molecular flexibility index (Phi) is 5.94. The average molecular weight is 409 g/mol. The zero-order valence-electron chi connectivity index (χ0n) is 14.0. The van der Waals surface area contributed by atoms with Crippen molar-refractivity contribution in [3.8, 4) is 5.69 Å². The molecule has 0 bridgehead atoms. The first kappa shape index (κ1) is 19.1. The van der Waals surface area contributed by atoms with Gasteiger partial charge in [-0.05, 0) is 23.6 Å². The molecule has 0 saturated heterocycles. The highest BCUT2D eigenvalue weighted by Crippen LogP contribution is 2.13. The Labute approximate surface area is 159 Å². The molecule has 0 unspecified atom stereocenters. The van der Waals surface area contributed by atoms with Gasteiger partial charge in [0.25, 0.3) is 0 Å². The molecule has 3 rings (SSSR count). The third-order valence-corrected chi connectivity index (χ3v) is 5.71. The van der Waals surface area contributed by atoms with E-state index < -0.39 is 20.7 Å². The molecule has 0 aliphatic carbocycles. The van der Waals surface area contributed by atoms with Crippen molar-refractivity contribution in [1.82, 2.24) is 25.0 Å². The summed E-state index contributed by atoms with van der Waals surface area (Å²) in [4.78, 5) is 11.4. The number of nitrogens with one attached hydrogen (secondary N) is 2. The van der Waals surface area contributed by atoms with E-state index in [1.807, 2.05) is 16.8 Å². The van der Waals surface area contributed by atoms with Crippen LogP contribution in [0.3, 0.4) is 0 Å².